The fraction of sp³-hybridized carbons (Fsp3) is 0.667. The van der Waals surface area contributed by atoms with Crippen LogP contribution in [0.15, 0.2) is 4.52 Å². The summed E-state index contributed by atoms with van der Waals surface area (Å²) in [6.45, 7) is 2.66. The summed E-state index contributed by atoms with van der Waals surface area (Å²) in [6, 6.07) is 0. The van der Waals surface area contributed by atoms with Gasteiger partial charge in [-0.2, -0.15) is 0 Å². The summed E-state index contributed by atoms with van der Waals surface area (Å²) in [4.78, 5) is 0. The van der Waals surface area contributed by atoms with Crippen molar-refractivity contribution in [3.8, 4) is 0 Å². The molecular weight excluding hydrogens is 166 g/mol. The zero-order chi connectivity index (χ0) is 9.10. The maximum Gasteiger partial charge on any atom is 0.141 e. The van der Waals surface area contributed by atoms with Crippen molar-refractivity contribution in [2.75, 3.05) is 19.6 Å². The quantitative estimate of drug-likeness (QED) is 0.666. The third-order valence-corrected chi connectivity index (χ3v) is 2.41. The van der Waals surface area contributed by atoms with Gasteiger partial charge in [-0.05, 0) is 19.5 Å². The molecule has 0 aromatic carbocycles. The fourth-order valence-corrected chi connectivity index (χ4v) is 1.73. The molecule has 4 nitrogen and oxygen atoms in total. The molecule has 0 spiro atoms. The molecule has 0 aliphatic carbocycles. The van der Waals surface area contributed by atoms with E-state index in [9.17, 15) is 0 Å². The van der Waals surface area contributed by atoms with Crippen LogP contribution in [0, 0.1) is 0 Å². The molecule has 2 rings (SSSR count). The Hall–Kier alpha value is -0.870. The molecule has 1 aromatic rings. The molecule has 0 atom stereocenters. The van der Waals surface area contributed by atoms with Crippen LogP contribution in [0.25, 0.3) is 0 Å². The van der Waals surface area contributed by atoms with E-state index >= 15 is 0 Å². The van der Waals surface area contributed by atoms with E-state index in [1.54, 1.807) is 0 Å². The van der Waals surface area contributed by atoms with Crippen LogP contribution in [0.2, 0.25) is 0 Å². The highest BCUT2D eigenvalue weighted by molar-refractivity contribution is 5.25. The van der Waals surface area contributed by atoms with Crippen molar-refractivity contribution < 1.29 is 4.52 Å². The molecule has 0 bridgehead atoms. The zero-order valence-electron chi connectivity index (χ0n) is 7.68. The number of fused-ring (bicyclic) bond motifs is 1. The van der Waals surface area contributed by atoms with E-state index in [2.05, 4.69) is 10.5 Å². The summed E-state index contributed by atoms with van der Waals surface area (Å²) in [6.07, 6.45) is 2.81. The summed E-state index contributed by atoms with van der Waals surface area (Å²) in [5.41, 5.74) is 7.89. The largest absolute Gasteiger partial charge is 0.361 e. The second-order valence-corrected chi connectivity index (χ2v) is 3.32. The van der Waals surface area contributed by atoms with Gasteiger partial charge in [0, 0.05) is 24.9 Å². The Labute approximate surface area is 77.5 Å². The molecule has 1 aliphatic rings. The van der Waals surface area contributed by atoms with Crippen LogP contribution in [0.5, 0.6) is 0 Å². The lowest BCUT2D eigenvalue weighted by Crippen LogP contribution is -2.16. The molecule has 0 fully saturated rings. The smallest absolute Gasteiger partial charge is 0.141 e. The number of nitrogens with zero attached hydrogens (tertiary/aromatic N) is 1. The van der Waals surface area contributed by atoms with Gasteiger partial charge in [0.15, 0.2) is 0 Å². The van der Waals surface area contributed by atoms with Crippen LogP contribution in [0.4, 0.5) is 0 Å². The molecule has 0 unspecified atom stereocenters. The maximum absolute atomic E-state index is 5.49. The molecule has 1 aromatic heterocycles. The van der Waals surface area contributed by atoms with Crippen molar-refractivity contribution >= 4 is 0 Å². The normalized spacial score (nSPS) is 16.7. The fourth-order valence-electron chi connectivity index (χ4n) is 1.73. The van der Waals surface area contributed by atoms with E-state index in [-0.39, 0.29) is 0 Å². The molecule has 0 saturated carbocycles. The Kier molecular flexibility index (Phi) is 2.61. The predicted molar refractivity (Wildman–Crippen MR) is 49.5 cm³/mol. The van der Waals surface area contributed by atoms with Gasteiger partial charge in [0.25, 0.3) is 0 Å². The first-order chi connectivity index (χ1) is 6.42. The first-order valence-corrected chi connectivity index (χ1v) is 4.79. The first-order valence-electron chi connectivity index (χ1n) is 4.79. The Balaban J connectivity index is 2.23. The van der Waals surface area contributed by atoms with Crippen LogP contribution in [-0.4, -0.2) is 24.8 Å². The Morgan fingerprint density at radius 3 is 3.08 bits per heavy atom. The van der Waals surface area contributed by atoms with Crippen LogP contribution < -0.4 is 11.1 Å². The maximum atomic E-state index is 5.49. The number of aromatic nitrogens is 1. The van der Waals surface area contributed by atoms with Crippen LogP contribution >= 0.6 is 0 Å². The van der Waals surface area contributed by atoms with Crippen LogP contribution in [0.1, 0.15) is 17.0 Å². The van der Waals surface area contributed by atoms with Crippen LogP contribution in [0.3, 0.4) is 0 Å². The van der Waals surface area contributed by atoms with Gasteiger partial charge >= 0.3 is 0 Å². The van der Waals surface area contributed by atoms with Gasteiger partial charge in [0.2, 0.25) is 0 Å². The summed E-state index contributed by atoms with van der Waals surface area (Å²) in [5, 5.41) is 7.40. The topological polar surface area (TPSA) is 64.1 Å². The standard InChI is InChI=1S/C9H15N3O/c10-4-1-9-7-2-5-11-6-3-8(7)12-13-9/h11H,1-6,10H2. The molecule has 3 N–H and O–H groups in total. The monoisotopic (exact) mass is 181 g/mol. The van der Waals surface area contributed by atoms with Gasteiger partial charge in [-0.1, -0.05) is 5.16 Å². The average molecular weight is 181 g/mol. The third-order valence-electron chi connectivity index (χ3n) is 2.41. The van der Waals surface area contributed by atoms with Crippen molar-refractivity contribution in [1.29, 1.82) is 0 Å². The second-order valence-electron chi connectivity index (χ2n) is 3.32. The van der Waals surface area contributed by atoms with Gasteiger partial charge in [-0.15, -0.1) is 0 Å². The molecule has 2 heterocycles. The van der Waals surface area contributed by atoms with E-state index in [1.807, 2.05) is 0 Å². The van der Waals surface area contributed by atoms with Crippen molar-refractivity contribution in [3.05, 3.63) is 17.0 Å². The van der Waals surface area contributed by atoms with Crippen molar-refractivity contribution in [2.24, 2.45) is 5.73 Å². The Morgan fingerprint density at radius 1 is 1.38 bits per heavy atom. The van der Waals surface area contributed by atoms with Gasteiger partial charge in [0.1, 0.15) is 5.76 Å². The van der Waals surface area contributed by atoms with E-state index in [4.69, 9.17) is 10.3 Å². The molecule has 13 heavy (non-hydrogen) atoms. The average Bonchev–Trinajstić information content (AvgIpc) is 2.38. The molecule has 72 valence electrons. The molecule has 0 saturated heterocycles. The number of nitrogens with one attached hydrogen (secondary N) is 1. The first kappa shape index (κ1) is 8.72. The van der Waals surface area contributed by atoms with Gasteiger partial charge < -0.3 is 15.6 Å². The Morgan fingerprint density at radius 2 is 2.23 bits per heavy atom. The lowest BCUT2D eigenvalue weighted by Gasteiger charge is -1.97. The SMILES string of the molecule is NCCc1onc2c1CCNCC2. The third kappa shape index (κ3) is 1.73. The summed E-state index contributed by atoms with van der Waals surface area (Å²) in [7, 11) is 0. The molecule has 0 radical (unpaired) electrons. The minimum Gasteiger partial charge on any atom is -0.361 e. The second kappa shape index (κ2) is 3.89. The summed E-state index contributed by atoms with van der Waals surface area (Å²) in [5.74, 6) is 0.987. The summed E-state index contributed by atoms with van der Waals surface area (Å²) >= 11 is 0. The lowest BCUT2D eigenvalue weighted by molar-refractivity contribution is 0.375. The number of hydrogen-bond donors (Lipinski definition) is 2. The molecule has 0 amide bonds. The van der Waals surface area contributed by atoms with E-state index in [0.717, 1.165) is 43.8 Å². The van der Waals surface area contributed by atoms with E-state index in [0.29, 0.717) is 6.54 Å². The number of rotatable bonds is 2. The van der Waals surface area contributed by atoms with Crippen molar-refractivity contribution in [1.82, 2.24) is 10.5 Å². The predicted octanol–water partition coefficient (Wildman–Crippen LogP) is -0.136. The number of nitrogens with two attached hydrogens (primary N) is 1. The van der Waals surface area contributed by atoms with Gasteiger partial charge in [-0.25, -0.2) is 0 Å². The van der Waals surface area contributed by atoms with Gasteiger partial charge in [0.05, 0.1) is 5.69 Å². The number of hydrogen-bond acceptors (Lipinski definition) is 4. The highest BCUT2D eigenvalue weighted by atomic mass is 16.5. The lowest BCUT2D eigenvalue weighted by atomic mass is 10.1. The van der Waals surface area contributed by atoms with E-state index in [1.165, 1.54) is 5.56 Å². The minimum absolute atomic E-state index is 0.634. The minimum atomic E-state index is 0.634. The van der Waals surface area contributed by atoms with Crippen LogP contribution in [-0.2, 0) is 19.3 Å². The molecule has 4 heteroatoms. The highest BCUT2D eigenvalue weighted by Crippen LogP contribution is 2.17. The molecule has 1 aliphatic heterocycles. The zero-order valence-corrected chi connectivity index (χ0v) is 7.68. The van der Waals surface area contributed by atoms with E-state index < -0.39 is 0 Å². The Bertz CT molecular complexity index is 282. The highest BCUT2D eigenvalue weighted by Gasteiger charge is 2.16. The van der Waals surface area contributed by atoms with Gasteiger partial charge in [-0.3, -0.25) is 0 Å². The van der Waals surface area contributed by atoms with Crippen molar-refractivity contribution in [2.45, 2.75) is 19.3 Å². The van der Waals surface area contributed by atoms with Crippen molar-refractivity contribution in [3.63, 3.8) is 0 Å². The summed E-state index contributed by atoms with van der Waals surface area (Å²) < 4.78 is 5.26. The molecular formula is C9H15N3O.